The zero-order valence-corrected chi connectivity index (χ0v) is 18.9. The van der Waals surface area contributed by atoms with Crippen LogP contribution in [-0.4, -0.2) is 48.4 Å². The Balaban J connectivity index is 1.75. The number of nitrogens with one attached hydrogen (secondary N) is 1. The van der Waals surface area contributed by atoms with Crippen LogP contribution >= 0.6 is 11.8 Å². The molecule has 2 aliphatic rings. The van der Waals surface area contributed by atoms with E-state index in [0.29, 0.717) is 6.42 Å². The molecule has 2 atom stereocenters. The highest BCUT2D eigenvalue weighted by Crippen LogP contribution is 2.48. The standard InChI is InChI=1S/C21H20F5N3O4S/c1-3-6-33-19(31)13-17(30)11-7-12(22)16(14(23)15(11)29-9(2)34-18(13)29)28-5-4-10(8-28)27-20(32)21(24,25)26/h7,9-10H,3-6,8H2,1-2H3,(H,27,32)/t9?,10-/m0/s1. The first-order chi connectivity index (χ1) is 16.0. The number of nitrogens with zero attached hydrogens (tertiary/aromatic N) is 2. The Morgan fingerprint density at radius 2 is 2.00 bits per heavy atom. The molecule has 1 N–H and O–H groups in total. The van der Waals surface area contributed by atoms with Gasteiger partial charge < -0.3 is 19.5 Å². The second-order valence-electron chi connectivity index (χ2n) is 8.05. The van der Waals surface area contributed by atoms with Crippen LogP contribution in [0.4, 0.5) is 27.6 Å². The number of aromatic nitrogens is 1. The summed E-state index contributed by atoms with van der Waals surface area (Å²) in [7, 11) is 0. The minimum absolute atomic E-state index is 0.00896. The van der Waals surface area contributed by atoms with Crippen molar-refractivity contribution in [3.63, 3.8) is 0 Å². The number of carbonyl (C=O) groups is 2. The molecule has 0 bridgehead atoms. The summed E-state index contributed by atoms with van der Waals surface area (Å²) < 4.78 is 74.8. The summed E-state index contributed by atoms with van der Waals surface area (Å²) in [6.07, 6.45) is -4.50. The SMILES string of the molecule is CCCOC(=O)c1c2n(c3c(F)c(N4CC[C@H](NC(=O)C(F)(F)F)C4)c(F)cc3c1=O)C(C)S2. The highest BCUT2D eigenvalue weighted by molar-refractivity contribution is 8.00. The molecule has 1 aromatic carbocycles. The van der Waals surface area contributed by atoms with Crippen molar-refractivity contribution in [3.8, 4) is 0 Å². The second-order valence-corrected chi connectivity index (χ2v) is 9.36. The molecule has 0 aliphatic carbocycles. The topological polar surface area (TPSA) is 80.6 Å². The van der Waals surface area contributed by atoms with Gasteiger partial charge in [-0.15, -0.1) is 0 Å². The van der Waals surface area contributed by atoms with Crippen molar-refractivity contribution in [2.45, 2.75) is 49.3 Å². The number of hydrogen-bond donors (Lipinski definition) is 1. The van der Waals surface area contributed by atoms with Crippen LogP contribution in [0.2, 0.25) is 0 Å². The molecule has 1 aromatic heterocycles. The van der Waals surface area contributed by atoms with E-state index in [0.717, 1.165) is 6.07 Å². The molecule has 1 unspecified atom stereocenters. The number of alkyl halides is 3. The number of pyridine rings is 1. The van der Waals surface area contributed by atoms with Crippen LogP contribution in [-0.2, 0) is 9.53 Å². The maximum Gasteiger partial charge on any atom is 0.471 e. The minimum Gasteiger partial charge on any atom is -0.462 e. The smallest absolute Gasteiger partial charge is 0.462 e. The molecule has 1 fully saturated rings. The summed E-state index contributed by atoms with van der Waals surface area (Å²) in [5.74, 6) is -5.15. The van der Waals surface area contributed by atoms with Crippen molar-refractivity contribution in [3.05, 3.63) is 33.5 Å². The molecule has 0 radical (unpaired) electrons. The molecule has 184 valence electrons. The zero-order chi connectivity index (χ0) is 24.9. The van der Waals surface area contributed by atoms with Crippen LogP contribution in [0.15, 0.2) is 15.9 Å². The van der Waals surface area contributed by atoms with E-state index in [9.17, 15) is 27.6 Å². The van der Waals surface area contributed by atoms with Crippen LogP contribution in [0.3, 0.4) is 0 Å². The number of carbonyl (C=O) groups excluding carboxylic acids is 2. The van der Waals surface area contributed by atoms with Gasteiger partial charge in [0.1, 0.15) is 17.1 Å². The fourth-order valence-electron chi connectivity index (χ4n) is 4.17. The number of hydrogen-bond acceptors (Lipinski definition) is 6. The summed E-state index contributed by atoms with van der Waals surface area (Å²) in [5, 5.41) is 1.33. The summed E-state index contributed by atoms with van der Waals surface area (Å²) >= 11 is 1.17. The quantitative estimate of drug-likeness (QED) is 0.493. The van der Waals surface area contributed by atoms with Crippen molar-refractivity contribution in [1.29, 1.82) is 0 Å². The molecule has 13 heteroatoms. The van der Waals surface area contributed by atoms with Crippen molar-refractivity contribution < 1.29 is 36.3 Å². The lowest BCUT2D eigenvalue weighted by atomic mass is 10.1. The molecule has 3 heterocycles. The Kier molecular flexibility index (Phi) is 6.25. The van der Waals surface area contributed by atoms with E-state index < -0.39 is 46.8 Å². The molecule has 1 saturated heterocycles. The number of rotatable bonds is 5. The third-order valence-electron chi connectivity index (χ3n) is 5.70. The lowest BCUT2D eigenvalue weighted by Gasteiger charge is -2.33. The second kappa shape index (κ2) is 8.75. The van der Waals surface area contributed by atoms with Gasteiger partial charge in [0.05, 0.1) is 27.9 Å². The highest BCUT2D eigenvalue weighted by Gasteiger charge is 2.41. The maximum atomic E-state index is 15.7. The molecular weight excluding hydrogens is 485 g/mol. The molecule has 7 nitrogen and oxygen atoms in total. The van der Waals surface area contributed by atoms with Crippen molar-refractivity contribution in [1.82, 2.24) is 9.88 Å². The first-order valence-electron chi connectivity index (χ1n) is 10.5. The Hall–Kier alpha value is -2.83. The summed E-state index contributed by atoms with van der Waals surface area (Å²) in [6.45, 7) is 3.32. The van der Waals surface area contributed by atoms with Gasteiger partial charge in [-0.3, -0.25) is 9.59 Å². The van der Waals surface area contributed by atoms with Crippen molar-refractivity contribution in [2.75, 3.05) is 24.6 Å². The van der Waals surface area contributed by atoms with E-state index >= 15 is 8.78 Å². The van der Waals surface area contributed by atoms with Gasteiger partial charge in [-0.05, 0) is 25.8 Å². The number of halogens is 5. The lowest BCUT2D eigenvalue weighted by Crippen LogP contribution is -2.44. The van der Waals surface area contributed by atoms with E-state index in [1.807, 2.05) is 5.32 Å². The molecule has 0 spiro atoms. The van der Waals surface area contributed by atoms with Crippen LogP contribution in [0.5, 0.6) is 0 Å². The third kappa shape index (κ3) is 3.99. The monoisotopic (exact) mass is 505 g/mol. The van der Waals surface area contributed by atoms with Crippen LogP contribution in [0.25, 0.3) is 10.9 Å². The van der Waals surface area contributed by atoms with E-state index in [-0.39, 0.29) is 53.0 Å². The Morgan fingerprint density at radius 1 is 1.29 bits per heavy atom. The van der Waals surface area contributed by atoms with E-state index in [2.05, 4.69) is 0 Å². The molecule has 1 amide bonds. The third-order valence-corrected chi connectivity index (χ3v) is 6.87. The molecule has 2 aromatic rings. The van der Waals surface area contributed by atoms with Crippen molar-refractivity contribution in [2.24, 2.45) is 0 Å². The normalized spacial score (nSPS) is 19.7. The molecule has 0 saturated carbocycles. The van der Waals surface area contributed by atoms with E-state index in [1.165, 1.54) is 21.2 Å². The number of anilines is 1. The average Bonchev–Trinajstić information content (AvgIpc) is 3.20. The van der Waals surface area contributed by atoms with Crippen LogP contribution in [0.1, 0.15) is 42.4 Å². The fraction of sp³-hybridized carbons (Fsp3) is 0.476. The predicted molar refractivity (Wildman–Crippen MR) is 114 cm³/mol. The van der Waals surface area contributed by atoms with Gasteiger partial charge in [-0.2, -0.15) is 13.2 Å². The summed E-state index contributed by atoms with van der Waals surface area (Å²) in [5.41, 5.74) is -1.84. The molecule has 34 heavy (non-hydrogen) atoms. The minimum atomic E-state index is -5.07. The molecule has 2 aliphatic heterocycles. The first-order valence-corrected chi connectivity index (χ1v) is 11.4. The number of ether oxygens (including phenoxy) is 1. The van der Waals surface area contributed by atoms with E-state index in [1.54, 1.807) is 13.8 Å². The Labute approximate surface area is 194 Å². The maximum absolute atomic E-state index is 15.7. The number of amides is 1. The number of thioether (sulfide) groups is 1. The van der Waals surface area contributed by atoms with Gasteiger partial charge in [-0.25, -0.2) is 13.6 Å². The zero-order valence-electron chi connectivity index (χ0n) is 18.1. The number of benzene rings is 1. The molecule has 4 rings (SSSR count). The van der Waals surface area contributed by atoms with Gasteiger partial charge in [0.2, 0.25) is 5.43 Å². The van der Waals surface area contributed by atoms with Crippen LogP contribution in [0, 0.1) is 11.6 Å². The fourth-order valence-corrected chi connectivity index (χ4v) is 5.31. The van der Waals surface area contributed by atoms with Crippen molar-refractivity contribution >= 4 is 40.2 Å². The highest BCUT2D eigenvalue weighted by atomic mass is 32.2. The Bertz CT molecular complexity index is 1250. The van der Waals surface area contributed by atoms with Gasteiger partial charge >= 0.3 is 18.1 Å². The molecular formula is C21H20F5N3O4S. The summed E-state index contributed by atoms with van der Waals surface area (Å²) in [4.78, 5) is 37.9. The lowest BCUT2D eigenvalue weighted by molar-refractivity contribution is -0.174. The number of fused-ring (bicyclic) bond motifs is 3. The van der Waals surface area contributed by atoms with Gasteiger partial charge in [-0.1, -0.05) is 18.7 Å². The number of esters is 1. The largest absolute Gasteiger partial charge is 0.471 e. The Morgan fingerprint density at radius 3 is 2.62 bits per heavy atom. The summed E-state index contributed by atoms with van der Waals surface area (Å²) in [6, 6.07) is -0.128. The van der Waals surface area contributed by atoms with E-state index in [4.69, 9.17) is 4.74 Å². The predicted octanol–water partition coefficient (Wildman–Crippen LogP) is 3.73. The average molecular weight is 505 g/mol. The van der Waals surface area contributed by atoms with Gasteiger partial charge in [0.25, 0.3) is 0 Å². The first kappa shape index (κ1) is 24.3. The van der Waals surface area contributed by atoms with Gasteiger partial charge in [0.15, 0.2) is 5.82 Å². The van der Waals surface area contributed by atoms with Crippen LogP contribution < -0.4 is 15.6 Å². The van der Waals surface area contributed by atoms with Gasteiger partial charge in [0, 0.05) is 19.1 Å².